The topological polar surface area (TPSA) is 54.0 Å². The molecular formula is C24H48O5Si2. The molecule has 5 atom stereocenters. The summed E-state index contributed by atoms with van der Waals surface area (Å²) in [5, 5.41) is 0.136. The summed E-state index contributed by atoms with van der Waals surface area (Å²) in [6.45, 7) is 28.4. The number of fused-ring (bicyclic) bond motifs is 1. The molecular weight excluding hydrogens is 424 g/mol. The molecule has 2 rings (SSSR count). The average molecular weight is 473 g/mol. The Kier molecular flexibility index (Phi) is 7.56. The monoisotopic (exact) mass is 472 g/mol. The highest BCUT2D eigenvalue weighted by atomic mass is 28.4. The van der Waals surface area contributed by atoms with Crippen molar-refractivity contribution in [3.8, 4) is 0 Å². The van der Waals surface area contributed by atoms with Crippen LogP contribution >= 0.6 is 0 Å². The van der Waals surface area contributed by atoms with Gasteiger partial charge in [0.25, 0.3) is 0 Å². The van der Waals surface area contributed by atoms with Gasteiger partial charge in [-0.15, -0.1) is 0 Å². The van der Waals surface area contributed by atoms with Gasteiger partial charge in [0.05, 0.1) is 18.3 Å². The standard InChI is InChI=1S/C24H48O5Si2/c1-14-17(25)16-15-18(28-30(10,11)22(2,3)4)20(29-31(12,13)23(5,6)7)21-19(16)26-24(8,9)27-21/h16,18-21H,14-15H2,1-13H3/t16-,18-,19+,20+,21+/m0/s1. The van der Waals surface area contributed by atoms with Crippen molar-refractivity contribution in [2.24, 2.45) is 5.92 Å². The lowest BCUT2D eigenvalue weighted by molar-refractivity contribution is -0.157. The van der Waals surface area contributed by atoms with Crippen LogP contribution in [0.2, 0.25) is 36.3 Å². The van der Waals surface area contributed by atoms with Gasteiger partial charge >= 0.3 is 0 Å². The maximum atomic E-state index is 13.0. The van der Waals surface area contributed by atoms with Gasteiger partial charge in [0, 0.05) is 12.3 Å². The maximum absolute atomic E-state index is 13.0. The molecule has 0 unspecified atom stereocenters. The first-order chi connectivity index (χ1) is 13.7. The van der Waals surface area contributed by atoms with E-state index in [2.05, 4.69) is 67.7 Å². The third-order valence-corrected chi connectivity index (χ3v) is 17.0. The Labute approximate surface area is 193 Å². The minimum absolute atomic E-state index is 0.0646. The van der Waals surface area contributed by atoms with Crippen LogP contribution in [0.1, 0.15) is 75.2 Å². The van der Waals surface area contributed by atoms with Gasteiger partial charge in [0.15, 0.2) is 22.4 Å². The van der Waals surface area contributed by atoms with Crippen molar-refractivity contribution in [2.45, 2.75) is 142 Å². The second-order valence-electron chi connectivity index (χ2n) is 13.0. The van der Waals surface area contributed by atoms with Crippen molar-refractivity contribution in [2.75, 3.05) is 0 Å². The summed E-state index contributed by atoms with van der Waals surface area (Å²) >= 11 is 0. The largest absolute Gasteiger partial charge is 0.411 e. The van der Waals surface area contributed by atoms with Crippen LogP contribution in [0.5, 0.6) is 0 Å². The highest BCUT2D eigenvalue weighted by molar-refractivity contribution is 6.74. The first kappa shape index (κ1) is 27.2. The van der Waals surface area contributed by atoms with E-state index in [1.807, 2.05) is 20.8 Å². The highest BCUT2D eigenvalue weighted by Crippen LogP contribution is 2.48. The molecule has 0 aromatic rings. The maximum Gasteiger partial charge on any atom is 0.192 e. The SMILES string of the molecule is CCC(=O)[C@@H]1C[C@H](O[Si](C)(C)C(C)(C)C)[C@@H](O[Si](C)(C)C(C)(C)C)[C@@H]2OC(C)(C)O[C@@H]21. The number of hydrogen-bond acceptors (Lipinski definition) is 5. The summed E-state index contributed by atoms with van der Waals surface area (Å²) in [5.74, 6) is -0.723. The van der Waals surface area contributed by atoms with Gasteiger partial charge in [-0.25, -0.2) is 0 Å². The van der Waals surface area contributed by atoms with Crippen molar-refractivity contribution in [1.29, 1.82) is 0 Å². The molecule has 31 heavy (non-hydrogen) atoms. The number of Topliss-reactive ketones (excluding diaryl/α,β-unsaturated/α-hetero) is 1. The van der Waals surface area contributed by atoms with E-state index >= 15 is 0 Å². The summed E-state index contributed by atoms with van der Waals surface area (Å²) in [5.41, 5.74) is 0. The zero-order valence-electron chi connectivity index (χ0n) is 22.3. The molecule has 2 aliphatic rings. The van der Waals surface area contributed by atoms with Crippen LogP contribution < -0.4 is 0 Å². The quantitative estimate of drug-likeness (QED) is 0.425. The van der Waals surface area contributed by atoms with E-state index < -0.39 is 22.4 Å². The smallest absolute Gasteiger partial charge is 0.192 e. The van der Waals surface area contributed by atoms with Crippen LogP contribution in [-0.2, 0) is 23.1 Å². The predicted molar refractivity (Wildman–Crippen MR) is 131 cm³/mol. The number of carbonyl (C=O) groups is 1. The molecule has 0 amide bonds. The lowest BCUT2D eigenvalue weighted by Gasteiger charge is -2.50. The molecule has 1 aliphatic heterocycles. The molecule has 1 aliphatic carbocycles. The van der Waals surface area contributed by atoms with E-state index in [1.54, 1.807) is 0 Å². The summed E-state index contributed by atoms with van der Waals surface area (Å²) in [7, 11) is -4.19. The van der Waals surface area contributed by atoms with E-state index in [4.69, 9.17) is 18.3 Å². The Morgan fingerprint density at radius 3 is 1.81 bits per heavy atom. The molecule has 0 bridgehead atoms. The molecule has 7 heteroatoms. The zero-order chi connectivity index (χ0) is 24.2. The lowest BCUT2D eigenvalue weighted by Crippen LogP contribution is -2.62. The summed E-state index contributed by atoms with van der Waals surface area (Å²) in [6, 6.07) is 0. The van der Waals surface area contributed by atoms with Gasteiger partial charge in [-0.1, -0.05) is 48.5 Å². The van der Waals surface area contributed by atoms with Gasteiger partial charge in [0.1, 0.15) is 11.9 Å². The Morgan fingerprint density at radius 2 is 1.35 bits per heavy atom. The summed E-state index contributed by atoms with van der Waals surface area (Å²) < 4.78 is 26.7. The van der Waals surface area contributed by atoms with Gasteiger partial charge in [-0.05, 0) is 56.5 Å². The number of carbonyl (C=O) groups excluding carboxylic acids is 1. The first-order valence-electron chi connectivity index (χ1n) is 12.0. The van der Waals surface area contributed by atoms with Crippen LogP contribution in [0.25, 0.3) is 0 Å². The fraction of sp³-hybridized carbons (Fsp3) is 0.958. The summed E-state index contributed by atoms with van der Waals surface area (Å²) in [4.78, 5) is 13.0. The Morgan fingerprint density at radius 1 is 0.903 bits per heavy atom. The fourth-order valence-corrected chi connectivity index (χ4v) is 6.68. The van der Waals surface area contributed by atoms with E-state index in [0.717, 1.165) is 0 Å². The van der Waals surface area contributed by atoms with Crippen LogP contribution in [0.3, 0.4) is 0 Å². The predicted octanol–water partition coefficient (Wildman–Crippen LogP) is 6.29. The van der Waals surface area contributed by atoms with Crippen molar-refractivity contribution in [3.63, 3.8) is 0 Å². The van der Waals surface area contributed by atoms with Gasteiger partial charge in [-0.3, -0.25) is 4.79 Å². The average Bonchev–Trinajstić information content (AvgIpc) is 2.89. The summed E-state index contributed by atoms with van der Waals surface area (Å²) in [6.07, 6.45) is 0.152. The molecule has 0 aromatic heterocycles. The third-order valence-electron chi connectivity index (χ3n) is 7.99. The van der Waals surface area contributed by atoms with Crippen molar-refractivity contribution in [1.82, 2.24) is 0 Å². The van der Waals surface area contributed by atoms with E-state index in [0.29, 0.717) is 12.8 Å². The molecule has 5 nitrogen and oxygen atoms in total. The molecule has 0 aromatic carbocycles. The Hall–Kier alpha value is -0.0562. The van der Waals surface area contributed by atoms with E-state index in [1.165, 1.54) is 0 Å². The van der Waals surface area contributed by atoms with Crippen LogP contribution in [0, 0.1) is 5.92 Å². The fourth-order valence-electron chi connectivity index (χ4n) is 4.02. The number of ketones is 1. The molecule has 0 spiro atoms. The normalized spacial score (nSPS) is 32.1. The number of hydrogen-bond donors (Lipinski definition) is 0. The number of ether oxygens (including phenoxy) is 2. The lowest BCUT2D eigenvalue weighted by atomic mass is 9.78. The molecule has 1 saturated carbocycles. The third kappa shape index (κ3) is 5.72. The molecule has 0 radical (unpaired) electrons. The van der Waals surface area contributed by atoms with E-state index in [-0.39, 0.29) is 46.2 Å². The van der Waals surface area contributed by atoms with Crippen LogP contribution in [-0.4, -0.2) is 52.6 Å². The Bertz CT molecular complexity index is 660. The zero-order valence-corrected chi connectivity index (χ0v) is 24.3. The minimum atomic E-state index is -2.10. The van der Waals surface area contributed by atoms with Gasteiger partial charge in [0.2, 0.25) is 0 Å². The van der Waals surface area contributed by atoms with Crippen molar-refractivity contribution < 1.29 is 23.1 Å². The van der Waals surface area contributed by atoms with Gasteiger partial charge in [-0.2, -0.15) is 0 Å². The van der Waals surface area contributed by atoms with Gasteiger partial charge < -0.3 is 18.3 Å². The molecule has 2 fully saturated rings. The highest BCUT2D eigenvalue weighted by Gasteiger charge is 2.59. The minimum Gasteiger partial charge on any atom is -0.411 e. The molecule has 0 N–H and O–H groups in total. The molecule has 1 saturated heterocycles. The van der Waals surface area contributed by atoms with E-state index in [9.17, 15) is 4.79 Å². The first-order valence-corrected chi connectivity index (χ1v) is 17.8. The molecule has 1 heterocycles. The van der Waals surface area contributed by atoms with Crippen LogP contribution in [0.15, 0.2) is 0 Å². The number of rotatable bonds is 6. The van der Waals surface area contributed by atoms with Crippen molar-refractivity contribution >= 4 is 22.4 Å². The second kappa shape index (κ2) is 8.62. The Balaban J connectivity index is 2.50. The second-order valence-corrected chi connectivity index (χ2v) is 22.5. The van der Waals surface area contributed by atoms with Crippen LogP contribution in [0.4, 0.5) is 0 Å². The van der Waals surface area contributed by atoms with Crippen molar-refractivity contribution in [3.05, 3.63) is 0 Å². The molecule has 182 valence electrons.